The Morgan fingerprint density at radius 2 is 1.65 bits per heavy atom. The molecule has 0 aromatic heterocycles. The number of rotatable bonds is 4. The van der Waals surface area contributed by atoms with Crippen molar-refractivity contribution in [2.24, 2.45) is 0 Å². The fourth-order valence-corrected chi connectivity index (χ4v) is 2.27. The molecule has 0 spiro atoms. The third-order valence-electron chi connectivity index (χ3n) is 3.01. The van der Waals surface area contributed by atoms with Crippen LogP contribution < -0.4 is 5.32 Å². The van der Waals surface area contributed by atoms with Crippen LogP contribution in [0.3, 0.4) is 0 Å². The molecule has 0 aliphatic rings. The molecule has 4 heteroatoms. The number of carbonyl (C=O) groups excluding carboxylic acids is 1. The Morgan fingerprint density at radius 1 is 1.05 bits per heavy atom. The highest BCUT2D eigenvalue weighted by Crippen LogP contribution is 2.24. The molecule has 0 radical (unpaired) electrons. The average Bonchev–Trinajstić information content (AvgIpc) is 2.42. The summed E-state index contributed by atoms with van der Waals surface area (Å²) in [5.74, 6) is -0.102. The van der Waals surface area contributed by atoms with Crippen LogP contribution in [0.25, 0.3) is 0 Å². The molecule has 0 aliphatic heterocycles. The molecule has 2 rings (SSSR count). The van der Waals surface area contributed by atoms with Crippen LogP contribution in [0.15, 0.2) is 54.6 Å². The molecule has 0 saturated heterocycles. The van der Waals surface area contributed by atoms with Crippen molar-refractivity contribution in [3.63, 3.8) is 0 Å². The number of hydrogen-bond acceptors (Lipinski definition) is 2. The summed E-state index contributed by atoms with van der Waals surface area (Å²) in [6.07, 6.45) is 0. The normalized spacial score (nSPS) is 12.2. The summed E-state index contributed by atoms with van der Waals surface area (Å²) >= 11 is 6.07. The number of likely N-dealkylation sites (N-methyl/N-ethyl adjacent to an activating group) is 1. The molecule has 3 nitrogen and oxygen atoms in total. The summed E-state index contributed by atoms with van der Waals surface area (Å²) in [5.41, 5.74) is 1.57. The SMILES string of the molecule is CN(C)C(C(=O)Nc1ccccc1Cl)c1ccccc1. The quantitative estimate of drug-likeness (QED) is 0.932. The van der Waals surface area contributed by atoms with E-state index >= 15 is 0 Å². The molecule has 1 atom stereocenters. The lowest BCUT2D eigenvalue weighted by atomic mass is 10.1. The number of halogens is 1. The van der Waals surface area contributed by atoms with Gasteiger partial charge >= 0.3 is 0 Å². The van der Waals surface area contributed by atoms with E-state index < -0.39 is 0 Å². The minimum Gasteiger partial charge on any atom is -0.323 e. The van der Waals surface area contributed by atoms with Gasteiger partial charge in [-0.2, -0.15) is 0 Å². The summed E-state index contributed by atoms with van der Waals surface area (Å²) in [4.78, 5) is 14.4. The van der Waals surface area contributed by atoms with Crippen molar-refractivity contribution in [2.45, 2.75) is 6.04 Å². The second kappa shape index (κ2) is 6.55. The second-order valence-electron chi connectivity index (χ2n) is 4.75. The maximum absolute atomic E-state index is 12.5. The Bertz CT molecular complexity index is 584. The highest BCUT2D eigenvalue weighted by molar-refractivity contribution is 6.33. The van der Waals surface area contributed by atoms with Gasteiger partial charge in [0.05, 0.1) is 10.7 Å². The Hall–Kier alpha value is -1.84. The number of amides is 1. The minimum atomic E-state index is -0.354. The predicted octanol–water partition coefficient (Wildman–Crippen LogP) is 3.58. The van der Waals surface area contributed by atoms with Crippen LogP contribution in [-0.4, -0.2) is 24.9 Å². The first-order chi connectivity index (χ1) is 9.59. The highest BCUT2D eigenvalue weighted by Gasteiger charge is 2.23. The second-order valence-corrected chi connectivity index (χ2v) is 5.15. The van der Waals surface area contributed by atoms with Gasteiger partial charge in [0, 0.05) is 0 Å². The maximum atomic E-state index is 12.5. The zero-order valence-corrected chi connectivity index (χ0v) is 12.3. The molecule has 0 saturated carbocycles. The molecular weight excluding hydrogens is 272 g/mol. The van der Waals surface area contributed by atoms with Crippen molar-refractivity contribution in [3.8, 4) is 0 Å². The average molecular weight is 289 g/mol. The molecule has 1 N–H and O–H groups in total. The van der Waals surface area contributed by atoms with Crippen molar-refractivity contribution >= 4 is 23.2 Å². The van der Waals surface area contributed by atoms with E-state index in [1.54, 1.807) is 12.1 Å². The molecular formula is C16H17ClN2O. The van der Waals surface area contributed by atoms with Gasteiger partial charge in [-0.05, 0) is 31.8 Å². The Morgan fingerprint density at radius 3 is 2.25 bits per heavy atom. The number of hydrogen-bond donors (Lipinski definition) is 1. The van der Waals surface area contributed by atoms with Crippen LogP contribution in [0.2, 0.25) is 5.02 Å². The van der Waals surface area contributed by atoms with Gasteiger partial charge < -0.3 is 5.32 Å². The zero-order chi connectivity index (χ0) is 14.5. The molecule has 0 fully saturated rings. The largest absolute Gasteiger partial charge is 0.323 e. The van der Waals surface area contributed by atoms with Gasteiger partial charge in [0.2, 0.25) is 5.91 Å². The third kappa shape index (κ3) is 3.38. The zero-order valence-electron chi connectivity index (χ0n) is 11.5. The van der Waals surface area contributed by atoms with Crippen LogP contribution in [0, 0.1) is 0 Å². The van der Waals surface area contributed by atoms with Crippen LogP contribution in [0.4, 0.5) is 5.69 Å². The standard InChI is InChI=1S/C16H17ClN2O/c1-19(2)15(12-8-4-3-5-9-12)16(20)18-14-11-7-6-10-13(14)17/h3-11,15H,1-2H3,(H,18,20). The first kappa shape index (κ1) is 14.6. The van der Waals surface area contributed by atoms with Crippen LogP contribution in [0.5, 0.6) is 0 Å². The Labute approximate surface area is 124 Å². The molecule has 2 aromatic rings. The number of carbonyl (C=O) groups is 1. The van der Waals surface area contributed by atoms with Gasteiger partial charge in [0.15, 0.2) is 0 Å². The third-order valence-corrected chi connectivity index (χ3v) is 3.34. The number of nitrogens with one attached hydrogen (secondary N) is 1. The lowest BCUT2D eigenvalue weighted by Gasteiger charge is -2.24. The molecule has 20 heavy (non-hydrogen) atoms. The first-order valence-corrected chi connectivity index (χ1v) is 6.74. The number of anilines is 1. The van der Waals surface area contributed by atoms with Gasteiger partial charge in [0.25, 0.3) is 0 Å². The van der Waals surface area contributed by atoms with Crippen molar-refractivity contribution in [1.29, 1.82) is 0 Å². The minimum absolute atomic E-state index is 0.102. The van der Waals surface area contributed by atoms with Crippen LogP contribution in [0.1, 0.15) is 11.6 Å². The topological polar surface area (TPSA) is 32.3 Å². The number of nitrogens with zero attached hydrogens (tertiary/aromatic N) is 1. The fraction of sp³-hybridized carbons (Fsp3) is 0.188. The molecule has 0 aliphatic carbocycles. The van der Waals surface area contributed by atoms with E-state index in [1.807, 2.05) is 61.5 Å². The predicted molar refractivity (Wildman–Crippen MR) is 83.0 cm³/mol. The Kier molecular flexibility index (Phi) is 4.77. The van der Waals surface area contributed by atoms with E-state index in [0.29, 0.717) is 10.7 Å². The summed E-state index contributed by atoms with van der Waals surface area (Å²) < 4.78 is 0. The molecule has 1 amide bonds. The lowest BCUT2D eigenvalue weighted by molar-refractivity contribution is -0.120. The van der Waals surface area contributed by atoms with E-state index in [2.05, 4.69) is 5.32 Å². The number of benzene rings is 2. The van der Waals surface area contributed by atoms with Gasteiger partial charge in [-0.1, -0.05) is 54.1 Å². The van der Waals surface area contributed by atoms with Crippen LogP contribution >= 0.6 is 11.6 Å². The first-order valence-electron chi connectivity index (χ1n) is 6.36. The van der Waals surface area contributed by atoms with Gasteiger partial charge in [-0.3, -0.25) is 9.69 Å². The van der Waals surface area contributed by atoms with E-state index in [9.17, 15) is 4.79 Å². The van der Waals surface area contributed by atoms with E-state index in [0.717, 1.165) is 5.56 Å². The molecule has 0 bridgehead atoms. The summed E-state index contributed by atoms with van der Waals surface area (Å²) in [7, 11) is 3.76. The van der Waals surface area contributed by atoms with Crippen molar-refractivity contribution in [3.05, 3.63) is 65.2 Å². The highest BCUT2D eigenvalue weighted by atomic mass is 35.5. The van der Waals surface area contributed by atoms with E-state index in [4.69, 9.17) is 11.6 Å². The molecule has 104 valence electrons. The smallest absolute Gasteiger partial charge is 0.246 e. The van der Waals surface area contributed by atoms with Crippen molar-refractivity contribution < 1.29 is 4.79 Å². The van der Waals surface area contributed by atoms with Crippen LogP contribution in [-0.2, 0) is 4.79 Å². The van der Waals surface area contributed by atoms with E-state index in [1.165, 1.54) is 0 Å². The molecule has 0 heterocycles. The van der Waals surface area contributed by atoms with Gasteiger partial charge in [-0.25, -0.2) is 0 Å². The van der Waals surface area contributed by atoms with Crippen molar-refractivity contribution in [1.82, 2.24) is 4.90 Å². The van der Waals surface area contributed by atoms with E-state index in [-0.39, 0.29) is 11.9 Å². The lowest BCUT2D eigenvalue weighted by Crippen LogP contribution is -2.32. The fourth-order valence-electron chi connectivity index (χ4n) is 2.08. The Balaban J connectivity index is 2.23. The number of para-hydroxylation sites is 1. The molecule has 2 aromatic carbocycles. The maximum Gasteiger partial charge on any atom is 0.246 e. The van der Waals surface area contributed by atoms with Gasteiger partial charge in [-0.15, -0.1) is 0 Å². The summed E-state index contributed by atoms with van der Waals surface area (Å²) in [6, 6.07) is 16.5. The van der Waals surface area contributed by atoms with Crippen molar-refractivity contribution in [2.75, 3.05) is 19.4 Å². The summed E-state index contributed by atoms with van der Waals surface area (Å²) in [5, 5.41) is 3.41. The van der Waals surface area contributed by atoms with Gasteiger partial charge in [0.1, 0.15) is 6.04 Å². The molecule has 1 unspecified atom stereocenters. The monoisotopic (exact) mass is 288 g/mol. The summed E-state index contributed by atoms with van der Waals surface area (Å²) in [6.45, 7) is 0.